The molecular formula is C5H9F3N2O. The van der Waals surface area contributed by atoms with Gasteiger partial charge in [-0.25, -0.2) is 0 Å². The van der Waals surface area contributed by atoms with Crippen LogP contribution in [0.3, 0.4) is 0 Å². The van der Waals surface area contributed by atoms with E-state index in [1.54, 1.807) is 0 Å². The maximum atomic E-state index is 11.4. The van der Waals surface area contributed by atoms with Gasteiger partial charge in [-0.15, -0.1) is 0 Å². The minimum absolute atomic E-state index is 0.280. The molecule has 3 N–H and O–H groups in total. The highest BCUT2D eigenvalue weighted by atomic mass is 19.4. The Hall–Kier alpha value is -0.780. The van der Waals surface area contributed by atoms with Crippen molar-refractivity contribution in [2.45, 2.75) is 12.6 Å². The van der Waals surface area contributed by atoms with Crippen molar-refractivity contribution < 1.29 is 18.0 Å². The van der Waals surface area contributed by atoms with E-state index in [1.165, 1.54) is 0 Å². The molecule has 0 rings (SSSR count). The van der Waals surface area contributed by atoms with Crippen molar-refractivity contribution in [2.75, 3.05) is 13.1 Å². The third kappa shape index (κ3) is 7.11. The maximum absolute atomic E-state index is 11.4. The Labute approximate surface area is 61.7 Å². The lowest BCUT2D eigenvalue weighted by Gasteiger charge is -2.06. The summed E-state index contributed by atoms with van der Waals surface area (Å²) in [6.07, 6.45) is -5.24. The number of amides is 1. The van der Waals surface area contributed by atoms with Gasteiger partial charge in [0.1, 0.15) is 0 Å². The van der Waals surface area contributed by atoms with Crippen LogP contribution in [0.1, 0.15) is 6.42 Å². The molecule has 0 saturated carbocycles. The van der Waals surface area contributed by atoms with Crippen molar-refractivity contribution in [1.29, 1.82) is 0 Å². The lowest BCUT2D eigenvalue weighted by molar-refractivity contribution is -0.135. The van der Waals surface area contributed by atoms with Crippen molar-refractivity contribution in [1.82, 2.24) is 5.32 Å². The number of hydrogen-bond acceptors (Lipinski definition) is 2. The second-order valence-electron chi connectivity index (χ2n) is 1.92. The van der Waals surface area contributed by atoms with E-state index in [1.807, 2.05) is 5.32 Å². The molecule has 0 radical (unpaired) electrons. The molecule has 0 saturated heterocycles. The van der Waals surface area contributed by atoms with Crippen molar-refractivity contribution in [3.05, 3.63) is 0 Å². The highest BCUT2D eigenvalue weighted by Gasteiger charge is 2.26. The van der Waals surface area contributed by atoms with Crippen LogP contribution >= 0.6 is 0 Å². The fraction of sp³-hybridized carbons (Fsp3) is 0.800. The number of carbonyl (C=O) groups is 1. The molecule has 66 valence electrons. The first-order chi connectivity index (χ1) is 4.95. The van der Waals surface area contributed by atoms with E-state index in [0.717, 1.165) is 0 Å². The smallest absolute Gasteiger partial charge is 0.355 e. The van der Waals surface area contributed by atoms with Gasteiger partial charge in [-0.3, -0.25) is 4.79 Å². The van der Waals surface area contributed by atoms with E-state index < -0.39 is 25.0 Å². The topological polar surface area (TPSA) is 55.1 Å². The van der Waals surface area contributed by atoms with Crippen molar-refractivity contribution in [3.8, 4) is 0 Å². The van der Waals surface area contributed by atoms with Crippen LogP contribution in [0.4, 0.5) is 13.2 Å². The molecule has 0 bridgehead atoms. The molecule has 0 aliphatic carbocycles. The van der Waals surface area contributed by atoms with Gasteiger partial charge in [-0.05, 0) is 0 Å². The summed E-state index contributed by atoms with van der Waals surface area (Å²) in [6, 6.07) is 0. The zero-order valence-electron chi connectivity index (χ0n) is 5.74. The molecular weight excluding hydrogens is 161 g/mol. The standard InChI is InChI=1S/C5H9F3N2O/c6-5(7,8)1-2-10-4(11)3-9/h1-3,9H2,(H,10,11). The van der Waals surface area contributed by atoms with Gasteiger partial charge in [0.15, 0.2) is 0 Å². The van der Waals surface area contributed by atoms with Gasteiger partial charge in [0, 0.05) is 6.54 Å². The van der Waals surface area contributed by atoms with Crippen LogP contribution in [-0.2, 0) is 4.79 Å². The summed E-state index contributed by atoms with van der Waals surface area (Å²) < 4.78 is 34.3. The van der Waals surface area contributed by atoms with Gasteiger partial charge >= 0.3 is 6.18 Å². The fourth-order valence-electron chi connectivity index (χ4n) is 0.416. The van der Waals surface area contributed by atoms with E-state index >= 15 is 0 Å². The SMILES string of the molecule is NCC(=O)NCCC(F)(F)F. The monoisotopic (exact) mass is 170 g/mol. The van der Waals surface area contributed by atoms with Gasteiger partial charge in [0.05, 0.1) is 13.0 Å². The number of nitrogens with two attached hydrogens (primary N) is 1. The second-order valence-corrected chi connectivity index (χ2v) is 1.92. The van der Waals surface area contributed by atoms with Gasteiger partial charge in [-0.2, -0.15) is 13.2 Å². The van der Waals surface area contributed by atoms with Crippen molar-refractivity contribution >= 4 is 5.91 Å². The first-order valence-corrected chi connectivity index (χ1v) is 2.99. The van der Waals surface area contributed by atoms with E-state index in [9.17, 15) is 18.0 Å². The zero-order chi connectivity index (χ0) is 8.91. The van der Waals surface area contributed by atoms with E-state index in [4.69, 9.17) is 5.73 Å². The van der Waals surface area contributed by atoms with Gasteiger partial charge < -0.3 is 11.1 Å². The Morgan fingerprint density at radius 1 is 1.45 bits per heavy atom. The van der Waals surface area contributed by atoms with Crippen LogP contribution in [0.25, 0.3) is 0 Å². The predicted molar refractivity (Wildman–Crippen MR) is 32.7 cm³/mol. The fourth-order valence-corrected chi connectivity index (χ4v) is 0.416. The van der Waals surface area contributed by atoms with E-state index in [2.05, 4.69) is 0 Å². The van der Waals surface area contributed by atoms with Crippen LogP contribution < -0.4 is 11.1 Å². The Balaban J connectivity index is 3.35. The van der Waals surface area contributed by atoms with Crippen molar-refractivity contribution in [2.24, 2.45) is 5.73 Å². The minimum atomic E-state index is -4.22. The average molecular weight is 170 g/mol. The molecule has 0 unspecified atom stereocenters. The summed E-state index contributed by atoms with van der Waals surface area (Å²) in [5.74, 6) is -0.575. The highest BCUT2D eigenvalue weighted by molar-refractivity contribution is 5.77. The van der Waals surface area contributed by atoms with Crippen LogP contribution in [0.2, 0.25) is 0 Å². The van der Waals surface area contributed by atoms with Crippen LogP contribution in [0.5, 0.6) is 0 Å². The first-order valence-electron chi connectivity index (χ1n) is 2.99. The summed E-state index contributed by atoms with van der Waals surface area (Å²) in [7, 11) is 0. The number of hydrogen-bond donors (Lipinski definition) is 2. The van der Waals surface area contributed by atoms with Gasteiger partial charge in [0.2, 0.25) is 5.91 Å². The summed E-state index contributed by atoms with van der Waals surface area (Å²) in [5.41, 5.74) is 4.83. The van der Waals surface area contributed by atoms with Gasteiger partial charge in [0.25, 0.3) is 0 Å². The molecule has 0 heterocycles. The maximum Gasteiger partial charge on any atom is 0.390 e. The third-order valence-electron chi connectivity index (χ3n) is 0.916. The Bertz CT molecular complexity index is 134. The molecule has 6 heteroatoms. The molecule has 0 fully saturated rings. The zero-order valence-corrected chi connectivity index (χ0v) is 5.74. The molecule has 0 aromatic carbocycles. The molecule has 1 amide bonds. The third-order valence-corrected chi connectivity index (χ3v) is 0.916. The summed E-state index contributed by atoms with van der Waals surface area (Å²) in [6.45, 7) is -0.683. The average Bonchev–Trinajstić information content (AvgIpc) is 1.85. The Morgan fingerprint density at radius 3 is 2.36 bits per heavy atom. The lowest BCUT2D eigenvalue weighted by Crippen LogP contribution is -2.32. The highest BCUT2D eigenvalue weighted by Crippen LogP contribution is 2.17. The molecule has 0 aliphatic rings. The minimum Gasteiger partial charge on any atom is -0.355 e. The number of nitrogens with one attached hydrogen (secondary N) is 1. The molecule has 0 spiro atoms. The normalized spacial score (nSPS) is 11.3. The molecule has 0 atom stereocenters. The first kappa shape index (κ1) is 10.2. The van der Waals surface area contributed by atoms with Crippen LogP contribution in [0.15, 0.2) is 0 Å². The van der Waals surface area contributed by atoms with Crippen molar-refractivity contribution in [3.63, 3.8) is 0 Å². The summed E-state index contributed by atoms with van der Waals surface area (Å²) in [4.78, 5) is 10.3. The lowest BCUT2D eigenvalue weighted by atomic mass is 10.4. The quantitative estimate of drug-likeness (QED) is 0.627. The second kappa shape index (κ2) is 4.17. The number of halogens is 3. The van der Waals surface area contributed by atoms with E-state index in [-0.39, 0.29) is 6.54 Å². The number of rotatable bonds is 3. The molecule has 0 aromatic rings. The largest absolute Gasteiger partial charge is 0.390 e. The van der Waals surface area contributed by atoms with Gasteiger partial charge in [-0.1, -0.05) is 0 Å². The molecule has 3 nitrogen and oxygen atoms in total. The van der Waals surface area contributed by atoms with E-state index in [0.29, 0.717) is 0 Å². The Kier molecular flexibility index (Phi) is 3.88. The summed E-state index contributed by atoms with van der Waals surface area (Å²) in [5, 5.41) is 2.00. The Morgan fingerprint density at radius 2 is 2.00 bits per heavy atom. The molecule has 0 aliphatic heterocycles. The molecule has 11 heavy (non-hydrogen) atoms. The number of alkyl halides is 3. The predicted octanol–water partition coefficient (Wildman–Crippen LogP) is 0.0137. The number of carbonyl (C=O) groups excluding carboxylic acids is 1. The van der Waals surface area contributed by atoms with Crippen LogP contribution in [0, 0.1) is 0 Å². The molecule has 0 aromatic heterocycles. The summed E-state index contributed by atoms with van der Waals surface area (Å²) >= 11 is 0. The van der Waals surface area contributed by atoms with Crippen LogP contribution in [-0.4, -0.2) is 25.2 Å².